The number of carbonyl (C=O) groups is 4. The third kappa shape index (κ3) is 54.6. The van der Waals surface area contributed by atoms with E-state index < -0.39 is 23.9 Å². The summed E-state index contributed by atoms with van der Waals surface area (Å²) in [6.07, 6.45) is 0. The Kier molecular flexibility index (Phi) is 50.7. The van der Waals surface area contributed by atoms with Crippen LogP contribution in [0.15, 0.2) is 0 Å². The topological polar surface area (TPSA) is 264 Å². The van der Waals surface area contributed by atoms with Crippen LogP contribution in [-0.2, 0) is 42.9 Å². The number of rotatable bonds is 0. The SMILES string of the molecule is N.O.O.O=C(O)C(=O)O.O=C(O)C(=O)O.[O]=[Ti]. The Labute approximate surface area is 105 Å². The van der Waals surface area contributed by atoms with Crippen molar-refractivity contribution >= 4 is 23.9 Å². The Balaban J connectivity index is -0.0000000268. The van der Waals surface area contributed by atoms with E-state index >= 15 is 0 Å². The van der Waals surface area contributed by atoms with E-state index in [1.807, 2.05) is 0 Å². The molecule has 0 rings (SSSR count). The zero-order valence-corrected chi connectivity index (χ0v) is 9.60. The van der Waals surface area contributed by atoms with Crippen LogP contribution in [0.3, 0.4) is 0 Å². The van der Waals surface area contributed by atoms with Crippen molar-refractivity contribution in [1.82, 2.24) is 6.15 Å². The summed E-state index contributed by atoms with van der Waals surface area (Å²) in [4.78, 5) is 36.4. The quantitative estimate of drug-likeness (QED) is 0.219. The number of aliphatic carboxylic acids is 4. The molecule has 0 aromatic heterocycles. The molecule has 13 heteroatoms. The van der Waals surface area contributed by atoms with Crippen LogP contribution in [0.1, 0.15) is 0 Å². The van der Waals surface area contributed by atoms with Gasteiger partial charge in [-0.2, -0.15) is 0 Å². The molecule has 0 fully saturated rings. The van der Waals surface area contributed by atoms with Gasteiger partial charge in [0.05, 0.1) is 0 Å². The molecule has 12 nitrogen and oxygen atoms in total. The van der Waals surface area contributed by atoms with Crippen LogP contribution in [-0.4, -0.2) is 55.3 Å². The van der Waals surface area contributed by atoms with Gasteiger partial charge in [0, 0.05) is 0 Å². The molecule has 11 N–H and O–H groups in total. The van der Waals surface area contributed by atoms with Crippen molar-refractivity contribution in [2.75, 3.05) is 0 Å². The molecule has 0 radical (unpaired) electrons. The van der Waals surface area contributed by atoms with Crippen LogP contribution >= 0.6 is 0 Å². The van der Waals surface area contributed by atoms with Gasteiger partial charge >= 0.3 is 47.6 Å². The van der Waals surface area contributed by atoms with E-state index in [1.165, 1.54) is 0 Å². The molecule has 0 aliphatic carbocycles. The third-order valence-electron chi connectivity index (χ3n) is 0.366. The molecule has 0 spiro atoms. The van der Waals surface area contributed by atoms with Gasteiger partial charge in [0.1, 0.15) is 0 Å². The van der Waals surface area contributed by atoms with Gasteiger partial charge < -0.3 is 37.5 Å². The van der Waals surface area contributed by atoms with Crippen molar-refractivity contribution < 1.29 is 74.3 Å². The van der Waals surface area contributed by atoms with E-state index in [9.17, 15) is 0 Å². The predicted octanol–water partition coefficient (Wildman–Crippen LogP) is -3.30. The summed E-state index contributed by atoms with van der Waals surface area (Å²) < 4.78 is 8.25. The molecule has 0 aliphatic heterocycles. The van der Waals surface area contributed by atoms with Gasteiger partial charge in [-0.1, -0.05) is 0 Å². The molecule has 17 heavy (non-hydrogen) atoms. The van der Waals surface area contributed by atoms with E-state index in [0.717, 1.165) is 20.4 Å². The first kappa shape index (κ1) is 36.2. The van der Waals surface area contributed by atoms with Crippen molar-refractivity contribution in [2.24, 2.45) is 0 Å². The van der Waals surface area contributed by atoms with Gasteiger partial charge in [-0.3, -0.25) is 0 Å². The number of carboxylic acids is 4. The molecule has 0 unspecified atom stereocenters. The zero-order valence-electron chi connectivity index (χ0n) is 8.04. The molecule has 0 aromatic carbocycles. The Morgan fingerprint density at radius 3 is 0.647 bits per heavy atom. The first-order valence-electron chi connectivity index (χ1n) is 2.42. The average Bonchev–Trinajstić information content (AvgIpc) is 2.08. The second-order valence-electron chi connectivity index (χ2n) is 1.22. The fourth-order valence-electron chi connectivity index (χ4n) is 0. The zero-order chi connectivity index (χ0) is 12.3. The molecule has 0 heterocycles. The van der Waals surface area contributed by atoms with Crippen LogP contribution in [0.5, 0.6) is 0 Å². The summed E-state index contributed by atoms with van der Waals surface area (Å²) >= 11 is 0.750. The fourth-order valence-corrected chi connectivity index (χ4v) is 0. The fraction of sp³-hybridized carbons (Fsp3) is 0. The molecule has 0 atom stereocenters. The summed E-state index contributed by atoms with van der Waals surface area (Å²) in [5, 5.41) is 29.6. The normalized spacial score (nSPS) is 5.35. The molecular weight excluding hydrogens is 286 g/mol. The molecule has 0 aromatic rings. The Bertz CT molecular complexity index is 192. The van der Waals surface area contributed by atoms with Gasteiger partial charge in [0.2, 0.25) is 0 Å². The minimum absolute atomic E-state index is 0. The summed E-state index contributed by atoms with van der Waals surface area (Å²) in [6, 6.07) is 0. The molecule has 0 amide bonds. The Morgan fingerprint density at radius 1 is 0.588 bits per heavy atom. The monoisotopic (exact) mass is 297 g/mol. The van der Waals surface area contributed by atoms with Crippen LogP contribution in [0, 0.1) is 0 Å². The van der Waals surface area contributed by atoms with Gasteiger partial charge in [-0.05, 0) is 0 Å². The third-order valence-corrected chi connectivity index (χ3v) is 0.366. The Hall–Kier alpha value is -1.73. The Morgan fingerprint density at radius 2 is 0.647 bits per heavy atom. The molecule has 0 aliphatic rings. The number of hydrogen-bond donors (Lipinski definition) is 5. The number of carboxylic acid groups (broad SMARTS) is 4. The van der Waals surface area contributed by atoms with Crippen LogP contribution in [0.4, 0.5) is 0 Å². The summed E-state index contributed by atoms with van der Waals surface area (Å²) in [5.41, 5.74) is 0. The van der Waals surface area contributed by atoms with E-state index in [0.29, 0.717) is 0 Å². The van der Waals surface area contributed by atoms with Gasteiger partial charge in [0.25, 0.3) is 0 Å². The average molecular weight is 297 g/mol. The molecule has 102 valence electrons. The standard InChI is InChI=1S/2C2H2O4.H3N.2H2O.O.Ti/c2*3-1(4)2(5)6;;;;;/h2*(H,3,4)(H,5,6);1H3;2*1H2;;. The maximum atomic E-state index is 9.10. The maximum absolute atomic E-state index is 9.10. The van der Waals surface area contributed by atoms with Gasteiger partial charge in [0.15, 0.2) is 0 Å². The van der Waals surface area contributed by atoms with Crippen molar-refractivity contribution in [3.8, 4) is 0 Å². The first-order chi connectivity index (χ1) is 6.29. The van der Waals surface area contributed by atoms with E-state index in [1.54, 1.807) is 0 Å². The van der Waals surface area contributed by atoms with E-state index in [4.69, 9.17) is 42.9 Å². The number of hydrogen-bond acceptors (Lipinski definition) is 6. The van der Waals surface area contributed by atoms with Crippen molar-refractivity contribution in [3.63, 3.8) is 0 Å². The first-order valence-corrected chi connectivity index (χ1v) is 3.05. The molecular formula is C4H11NO11Ti. The van der Waals surface area contributed by atoms with Crippen molar-refractivity contribution in [1.29, 1.82) is 0 Å². The van der Waals surface area contributed by atoms with E-state index in [2.05, 4.69) is 0 Å². The second-order valence-corrected chi connectivity index (χ2v) is 1.22. The van der Waals surface area contributed by atoms with Crippen molar-refractivity contribution in [2.45, 2.75) is 0 Å². The second kappa shape index (κ2) is 23.8. The molecule has 0 saturated heterocycles. The van der Waals surface area contributed by atoms with Crippen LogP contribution in [0.25, 0.3) is 0 Å². The van der Waals surface area contributed by atoms with Crippen LogP contribution in [0.2, 0.25) is 0 Å². The molecule has 0 saturated carbocycles. The van der Waals surface area contributed by atoms with Gasteiger partial charge in [-0.25, -0.2) is 19.2 Å². The van der Waals surface area contributed by atoms with Gasteiger partial charge in [-0.15, -0.1) is 0 Å². The minimum atomic E-state index is -1.82. The van der Waals surface area contributed by atoms with E-state index in [-0.39, 0.29) is 17.1 Å². The predicted molar refractivity (Wildman–Crippen MR) is 43.5 cm³/mol. The summed E-state index contributed by atoms with van der Waals surface area (Å²) in [6.45, 7) is 0. The van der Waals surface area contributed by atoms with Crippen LogP contribution < -0.4 is 6.15 Å². The van der Waals surface area contributed by atoms with Crippen molar-refractivity contribution in [3.05, 3.63) is 0 Å². The summed E-state index contributed by atoms with van der Waals surface area (Å²) in [7, 11) is 0. The molecule has 0 bridgehead atoms. The summed E-state index contributed by atoms with van der Waals surface area (Å²) in [5.74, 6) is -7.30.